The van der Waals surface area contributed by atoms with E-state index in [-0.39, 0.29) is 18.8 Å². The Kier molecular flexibility index (Phi) is 5.43. The Hall–Kier alpha value is -2.99. The fourth-order valence-corrected chi connectivity index (χ4v) is 2.69. The van der Waals surface area contributed by atoms with Crippen molar-refractivity contribution in [3.8, 4) is 16.9 Å². The maximum Gasteiger partial charge on any atom is 0.323 e. The van der Waals surface area contributed by atoms with Gasteiger partial charge in [-0.15, -0.1) is 0 Å². The second kappa shape index (κ2) is 7.93. The molecule has 134 valence electrons. The van der Waals surface area contributed by atoms with E-state index in [1.165, 1.54) is 12.1 Å². The van der Waals surface area contributed by atoms with E-state index in [1.54, 1.807) is 23.7 Å². The van der Waals surface area contributed by atoms with E-state index in [9.17, 15) is 9.18 Å². The molecule has 0 aliphatic heterocycles. The summed E-state index contributed by atoms with van der Waals surface area (Å²) in [6.45, 7) is 2.02. The number of hydrogen-bond donors (Lipinski definition) is 1. The number of esters is 1. The number of benzene rings is 2. The smallest absolute Gasteiger partial charge is 0.323 e. The molecule has 0 aliphatic carbocycles. The molecule has 0 saturated heterocycles. The Morgan fingerprint density at radius 3 is 2.54 bits per heavy atom. The molecule has 26 heavy (non-hydrogen) atoms. The van der Waals surface area contributed by atoms with E-state index in [0.717, 1.165) is 16.8 Å². The van der Waals surface area contributed by atoms with Gasteiger partial charge in [-0.3, -0.25) is 4.79 Å². The molecule has 0 spiro atoms. The van der Waals surface area contributed by atoms with Gasteiger partial charge in [0.05, 0.1) is 18.0 Å². The van der Waals surface area contributed by atoms with Crippen molar-refractivity contribution < 1.29 is 13.9 Å². The maximum absolute atomic E-state index is 13.3. The summed E-state index contributed by atoms with van der Waals surface area (Å²) in [6.07, 6.45) is 2.12. The number of carbonyl (C=O) groups is 1. The molecule has 1 unspecified atom stereocenters. The number of hydrogen-bond acceptors (Lipinski definition) is 4. The van der Waals surface area contributed by atoms with Crippen LogP contribution in [0.1, 0.15) is 12.5 Å². The molecule has 1 heterocycles. The van der Waals surface area contributed by atoms with Crippen LogP contribution in [-0.2, 0) is 16.0 Å². The molecule has 3 aromatic rings. The summed E-state index contributed by atoms with van der Waals surface area (Å²) in [6, 6.07) is 14.9. The lowest BCUT2D eigenvalue weighted by Gasteiger charge is -2.10. The Labute approximate surface area is 151 Å². The summed E-state index contributed by atoms with van der Waals surface area (Å²) >= 11 is 0. The Morgan fingerprint density at radius 2 is 1.88 bits per heavy atom. The number of ether oxygens (including phenoxy) is 1. The van der Waals surface area contributed by atoms with Crippen LogP contribution in [0.15, 0.2) is 60.8 Å². The van der Waals surface area contributed by atoms with Crippen LogP contribution in [0.2, 0.25) is 0 Å². The summed E-state index contributed by atoms with van der Waals surface area (Å²) in [4.78, 5) is 11.9. The normalized spacial score (nSPS) is 12.0. The molecule has 2 N–H and O–H groups in total. The first-order valence-electron chi connectivity index (χ1n) is 8.40. The van der Waals surface area contributed by atoms with Crippen molar-refractivity contribution in [3.63, 3.8) is 0 Å². The molecule has 6 heteroatoms. The standard InChI is InChI=1S/C20H20FN3O2/c1-2-26-20(25)18(22)12-15-13-24(17-6-4-3-5-7-17)23-19(15)14-8-10-16(21)11-9-14/h3-11,13,18H,2,12,22H2,1H3. The highest BCUT2D eigenvalue weighted by Crippen LogP contribution is 2.25. The van der Waals surface area contributed by atoms with Crippen molar-refractivity contribution in [1.29, 1.82) is 0 Å². The molecule has 1 atom stereocenters. The molecular formula is C20H20FN3O2. The zero-order chi connectivity index (χ0) is 18.5. The van der Waals surface area contributed by atoms with E-state index in [2.05, 4.69) is 5.10 Å². The first kappa shape index (κ1) is 17.8. The van der Waals surface area contributed by atoms with Crippen LogP contribution >= 0.6 is 0 Å². The minimum Gasteiger partial charge on any atom is -0.465 e. The first-order chi connectivity index (χ1) is 12.6. The zero-order valence-electron chi connectivity index (χ0n) is 14.4. The third-order valence-corrected chi connectivity index (χ3v) is 3.96. The van der Waals surface area contributed by atoms with Crippen LogP contribution in [0, 0.1) is 5.82 Å². The van der Waals surface area contributed by atoms with Crippen molar-refractivity contribution in [2.45, 2.75) is 19.4 Å². The van der Waals surface area contributed by atoms with Gasteiger partial charge in [-0.05, 0) is 43.3 Å². The second-order valence-electron chi connectivity index (χ2n) is 5.85. The average molecular weight is 353 g/mol. The van der Waals surface area contributed by atoms with Gasteiger partial charge in [0.1, 0.15) is 11.9 Å². The van der Waals surface area contributed by atoms with Crippen molar-refractivity contribution >= 4 is 5.97 Å². The maximum atomic E-state index is 13.3. The molecule has 0 fully saturated rings. The molecule has 0 amide bonds. The van der Waals surface area contributed by atoms with E-state index < -0.39 is 12.0 Å². The Bertz CT molecular complexity index is 876. The first-order valence-corrected chi connectivity index (χ1v) is 8.40. The lowest BCUT2D eigenvalue weighted by Crippen LogP contribution is -2.34. The number of rotatable bonds is 6. The van der Waals surface area contributed by atoms with Crippen molar-refractivity contribution in [2.75, 3.05) is 6.61 Å². The largest absolute Gasteiger partial charge is 0.465 e. The van der Waals surface area contributed by atoms with Gasteiger partial charge in [0.25, 0.3) is 0 Å². The SMILES string of the molecule is CCOC(=O)C(N)Cc1cn(-c2ccccc2)nc1-c1ccc(F)cc1. The highest BCUT2D eigenvalue weighted by molar-refractivity contribution is 5.76. The second-order valence-corrected chi connectivity index (χ2v) is 5.85. The van der Waals surface area contributed by atoms with Crippen molar-refractivity contribution in [2.24, 2.45) is 5.73 Å². The Balaban J connectivity index is 1.99. The summed E-state index contributed by atoms with van der Waals surface area (Å²) < 4.78 is 20.0. The lowest BCUT2D eigenvalue weighted by atomic mass is 10.0. The highest BCUT2D eigenvalue weighted by Gasteiger charge is 2.20. The van der Waals surface area contributed by atoms with Gasteiger partial charge in [0.2, 0.25) is 0 Å². The molecular weight excluding hydrogens is 333 g/mol. The number of carbonyl (C=O) groups excluding carboxylic acids is 1. The van der Waals surface area contributed by atoms with E-state index >= 15 is 0 Å². The van der Waals surface area contributed by atoms with Crippen LogP contribution < -0.4 is 5.73 Å². The van der Waals surface area contributed by atoms with Crippen LogP contribution in [0.3, 0.4) is 0 Å². The van der Waals surface area contributed by atoms with Crippen LogP contribution in [-0.4, -0.2) is 28.4 Å². The summed E-state index contributed by atoms with van der Waals surface area (Å²) in [5.41, 5.74) is 9.07. The lowest BCUT2D eigenvalue weighted by molar-refractivity contribution is -0.144. The van der Waals surface area contributed by atoms with Crippen molar-refractivity contribution in [3.05, 3.63) is 72.2 Å². The van der Waals surface area contributed by atoms with Gasteiger partial charge in [0.15, 0.2) is 0 Å². The van der Waals surface area contributed by atoms with Gasteiger partial charge >= 0.3 is 5.97 Å². The van der Waals surface area contributed by atoms with E-state index in [4.69, 9.17) is 10.5 Å². The van der Waals surface area contributed by atoms with Gasteiger partial charge in [-0.25, -0.2) is 9.07 Å². The molecule has 0 radical (unpaired) electrons. The highest BCUT2D eigenvalue weighted by atomic mass is 19.1. The zero-order valence-corrected chi connectivity index (χ0v) is 14.4. The average Bonchev–Trinajstić information content (AvgIpc) is 3.07. The van der Waals surface area contributed by atoms with Crippen LogP contribution in [0.5, 0.6) is 0 Å². The van der Waals surface area contributed by atoms with Crippen molar-refractivity contribution in [1.82, 2.24) is 9.78 Å². The molecule has 1 aromatic heterocycles. The quantitative estimate of drug-likeness (QED) is 0.691. The molecule has 0 saturated carbocycles. The summed E-state index contributed by atoms with van der Waals surface area (Å²) in [5, 5.41) is 4.63. The Morgan fingerprint density at radius 1 is 1.19 bits per heavy atom. The van der Waals surface area contributed by atoms with E-state index in [1.807, 2.05) is 36.5 Å². The predicted molar refractivity (Wildman–Crippen MR) is 97.3 cm³/mol. The third kappa shape index (κ3) is 3.97. The number of halogens is 1. The topological polar surface area (TPSA) is 70.1 Å². The fourth-order valence-electron chi connectivity index (χ4n) is 2.69. The summed E-state index contributed by atoms with van der Waals surface area (Å²) in [7, 11) is 0. The minimum atomic E-state index is -0.789. The molecule has 3 rings (SSSR count). The monoisotopic (exact) mass is 353 g/mol. The molecule has 0 aliphatic rings. The summed E-state index contributed by atoms with van der Waals surface area (Å²) in [5.74, 6) is -0.772. The minimum absolute atomic E-state index is 0.276. The number of para-hydroxylation sites is 1. The molecule has 5 nitrogen and oxygen atoms in total. The van der Waals surface area contributed by atoms with Crippen LogP contribution in [0.4, 0.5) is 4.39 Å². The van der Waals surface area contributed by atoms with Gasteiger partial charge in [0, 0.05) is 23.7 Å². The van der Waals surface area contributed by atoms with E-state index in [0.29, 0.717) is 5.69 Å². The van der Waals surface area contributed by atoms with Gasteiger partial charge in [-0.2, -0.15) is 5.10 Å². The fraction of sp³-hybridized carbons (Fsp3) is 0.200. The third-order valence-electron chi connectivity index (χ3n) is 3.96. The predicted octanol–water partition coefficient (Wildman–Crippen LogP) is 3.11. The number of nitrogens with two attached hydrogens (primary N) is 1. The van der Waals surface area contributed by atoms with Crippen LogP contribution in [0.25, 0.3) is 16.9 Å². The molecule has 0 bridgehead atoms. The van der Waals surface area contributed by atoms with Gasteiger partial charge in [-0.1, -0.05) is 18.2 Å². The van der Waals surface area contributed by atoms with Gasteiger partial charge < -0.3 is 10.5 Å². The number of nitrogens with zero attached hydrogens (tertiary/aromatic N) is 2. The molecule has 2 aromatic carbocycles. The number of aromatic nitrogens is 2.